The molecule has 0 radical (unpaired) electrons. The molecule has 2 unspecified atom stereocenters. The van der Waals surface area contributed by atoms with E-state index in [1.54, 1.807) is 24.4 Å². The lowest BCUT2D eigenvalue weighted by Crippen LogP contribution is -2.69. The van der Waals surface area contributed by atoms with Crippen LogP contribution in [0.25, 0.3) is 0 Å². The van der Waals surface area contributed by atoms with Crippen molar-refractivity contribution in [3.05, 3.63) is 54.0 Å². The molecular weight excluding hydrogens is 418 g/mol. The van der Waals surface area contributed by atoms with Crippen LogP contribution in [0.5, 0.6) is 0 Å². The van der Waals surface area contributed by atoms with E-state index in [1.807, 2.05) is 18.2 Å². The van der Waals surface area contributed by atoms with Crippen LogP contribution in [0, 0.1) is 11.8 Å². The molecule has 2 aromatic heterocycles. The molecule has 2 heterocycles. The highest BCUT2D eigenvalue weighted by Crippen LogP contribution is 2.57. The van der Waals surface area contributed by atoms with Crippen molar-refractivity contribution in [3.8, 4) is 0 Å². The quantitative estimate of drug-likeness (QED) is 0.460. The number of nitrogens with zero attached hydrogens (tertiary/aromatic N) is 2. The lowest BCUT2D eigenvalue weighted by molar-refractivity contribution is -0.0449. The number of rotatable bonds is 8. The van der Waals surface area contributed by atoms with E-state index in [0.29, 0.717) is 42.0 Å². The molecule has 0 aliphatic heterocycles. The summed E-state index contributed by atoms with van der Waals surface area (Å²) >= 11 is 0. The highest BCUT2D eigenvalue weighted by molar-refractivity contribution is 5.94. The van der Waals surface area contributed by atoms with Gasteiger partial charge in [-0.1, -0.05) is 12.1 Å². The third-order valence-corrected chi connectivity index (χ3v) is 7.34. The average Bonchev–Trinajstić information content (AvgIpc) is 2.78. The van der Waals surface area contributed by atoms with Gasteiger partial charge in [0.2, 0.25) is 0 Å². The molecule has 8 heteroatoms. The summed E-state index contributed by atoms with van der Waals surface area (Å²) in [4.78, 5) is 34.8. The minimum absolute atomic E-state index is 0.108. The molecule has 4 fully saturated rings. The highest BCUT2D eigenvalue weighted by atomic mass is 16.3. The molecular formula is C25H31N5O3. The smallest absolute Gasteiger partial charge is 0.270 e. The number of anilines is 1. The van der Waals surface area contributed by atoms with Crippen LogP contribution in [0.2, 0.25) is 0 Å². The summed E-state index contributed by atoms with van der Waals surface area (Å²) in [5.74, 6) is 1.31. The second kappa shape index (κ2) is 8.74. The van der Waals surface area contributed by atoms with Gasteiger partial charge < -0.3 is 21.1 Å². The molecule has 4 aliphatic carbocycles. The van der Waals surface area contributed by atoms with E-state index in [1.165, 1.54) is 6.42 Å². The second-order valence-corrected chi connectivity index (χ2v) is 10.1. The second-order valence-electron chi connectivity index (χ2n) is 10.1. The van der Waals surface area contributed by atoms with Gasteiger partial charge in [-0.3, -0.25) is 14.6 Å². The number of aliphatic hydroxyl groups is 1. The van der Waals surface area contributed by atoms with Crippen LogP contribution >= 0.6 is 0 Å². The Hall–Kier alpha value is -3.00. The number of hydrogen-bond donors (Lipinski definition) is 4. The zero-order chi connectivity index (χ0) is 22.9. The van der Waals surface area contributed by atoms with Crippen molar-refractivity contribution in [2.24, 2.45) is 11.8 Å². The zero-order valence-corrected chi connectivity index (χ0v) is 18.7. The van der Waals surface area contributed by atoms with Crippen LogP contribution in [0.1, 0.15) is 65.9 Å². The molecule has 0 aromatic carbocycles. The maximum atomic E-state index is 13.2. The predicted molar refractivity (Wildman–Crippen MR) is 124 cm³/mol. The van der Waals surface area contributed by atoms with Gasteiger partial charge in [-0.05, 0) is 81.0 Å². The van der Waals surface area contributed by atoms with Gasteiger partial charge >= 0.3 is 0 Å². The van der Waals surface area contributed by atoms with Crippen LogP contribution in [0.3, 0.4) is 0 Å². The van der Waals surface area contributed by atoms with E-state index in [0.717, 1.165) is 32.1 Å². The largest absolute Gasteiger partial charge is 0.396 e. The third kappa shape index (κ3) is 4.57. The van der Waals surface area contributed by atoms with Crippen LogP contribution < -0.4 is 16.0 Å². The molecule has 4 saturated carbocycles. The topological polar surface area (TPSA) is 116 Å². The Morgan fingerprint density at radius 2 is 1.61 bits per heavy atom. The summed E-state index contributed by atoms with van der Waals surface area (Å²) in [5, 5.41) is 18.8. The first-order valence-corrected chi connectivity index (χ1v) is 11.9. The zero-order valence-electron chi connectivity index (χ0n) is 18.7. The van der Waals surface area contributed by atoms with Crippen molar-refractivity contribution >= 4 is 17.6 Å². The Labute approximate surface area is 193 Å². The fourth-order valence-corrected chi connectivity index (χ4v) is 6.62. The normalized spacial score (nSPS) is 29.5. The summed E-state index contributed by atoms with van der Waals surface area (Å²) in [6.07, 6.45) is 7.99. The molecule has 174 valence electrons. The Bertz CT molecular complexity index is 1010. The molecule has 0 spiro atoms. The molecule has 2 atom stereocenters. The number of carbonyl (C=O) groups excluding carboxylic acids is 2. The lowest BCUT2D eigenvalue weighted by atomic mass is 9.49. The Balaban J connectivity index is 1.31. The summed E-state index contributed by atoms with van der Waals surface area (Å²) in [5.41, 5.74) is 0.195. The molecule has 4 aliphatic rings. The monoisotopic (exact) mass is 449 g/mol. The lowest BCUT2D eigenvalue weighted by Gasteiger charge is -2.62. The van der Waals surface area contributed by atoms with Gasteiger partial charge in [-0.15, -0.1) is 0 Å². The standard InChI is InChI=1S/C25H31N5O3/c31-10-4-9-27-21-7-3-6-20(28-21)23(33)30-25-14-17-11-18(15-25)13-24(12-17,16-25)29-22(32)19-5-1-2-8-26-19/h1-3,5-8,17-18,31H,4,9-16H2,(H,27,28)(H,29,32)(H,30,33). The van der Waals surface area contributed by atoms with Crippen molar-refractivity contribution in [1.82, 2.24) is 20.6 Å². The van der Waals surface area contributed by atoms with Gasteiger partial charge in [0, 0.05) is 30.4 Å². The van der Waals surface area contributed by atoms with Crippen molar-refractivity contribution in [2.75, 3.05) is 18.5 Å². The number of carbonyl (C=O) groups is 2. The van der Waals surface area contributed by atoms with Crippen molar-refractivity contribution in [3.63, 3.8) is 0 Å². The van der Waals surface area contributed by atoms with Crippen molar-refractivity contribution in [2.45, 2.75) is 56.0 Å². The first-order chi connectivity index (χ1) is 16.0. The van der Waals surface area contributed by atoms with Crippen LogP contribution in [0.4, 0.5) is 5.82 Å². The molecule has 4 N–H and O–H groups in total. The number of aliphatic hydroxyl groups excluding tert-OH is 1. The Morgan fingerprint density at radius 3 is 2.24 bits per heavy atom. The number of nitrogens with one attached hydrogen (secondary N) is 3. The predicted octanol–water partition coefficient (Wildman–Crippen LogP) is 2.52. The summed E-state index contributed by atoms with van der Waals surface area (Å²) in [6.45, 7) is 0.705. The first kappa shape index (κ1) is 21.8. The van der Waals surface area contributed by atoms with Gasteiger partial charge in [0.25, 0.3) is 11.8 Å². The number of pyridine rings is 2. The van der Waals surface area contributed by atoms with E-state index in [9.17, 15) is 9.59 Å². The van der Waals surface area contributed by atoms with Crippen LogP contribution in [-0.4, -0.2) is 51.1 Å². The SMILES string of the molecule is O=C(NC12CC3CC(C1)CC(NC(=O)c1cccc(NCCCO)n1)(C3)C2)c1ccccn1. The third-order valence-electron chi connectivity index (χ3n) is 7.34. The summed E-state index contributed by atoms with van der Waals surface area (Å²) in [7, 11) is 0. The molecule has 0 saturated heterocycles. The average molecular weight is 450 g/mol. The minimum Gasteiger partial charge on any atom is -0.396 e. The van der Waals surface area contributed by atoms with Gasteiger partial charge in [0.05, 0.1) is 0 Å². The summed E-state index contributed by atoms with van der Waals surface area (Å²) in [6, 6.07) is 10.7. The number of hydrogen-bond acceptors (Lipinski definition) is 6. The van der Waals surface area contributed by atoms with Gasteiger partial charge in [0.15, 0.2) is 0 Å². The first-order valence-electron chi connectivity index (χ1n) is 11.9. The number of amides is 2. The minimum atomic E-state index is -0.319. The Kier molecular flexibility index (Phi) is 5.78. The molecule has 6 rings (SSSR count). The van der Waals surface area contributed by atoms with Crippen molar-refractivity contribution < 1.29 is 14.7 Å². The molecule has 33 heavy (non-hydrogen) atoms. The number of aromatic nitrogens is 2. The van der Waals surface area contributed by atoms with Crippen molar-refractivity contribution in [1.29, 1.82) is 0 Å². The van der Waals surface area contributed by atoms with Crippen LogP contribution in [-0.2, 0) is 0 Å². The van der Waals surface area contributed by atoms with E-state index in [2.05, 4.69) is 25.9 Å². The van der Waals surface area contributed by atoms with Gasteiger partial charge in [-0.25, -0.2) is 4.98 Å². The Morgan fingerprint density at radius 1 is 0.939 bits per heavy atom. The molecule has 2 amide bonds. The van der Waals surface area contributed by atoms with E-state index >= 15 is 0 Å². The van der Waals surface area contributed by atoms with Gasteiger partial charge in [0.1, 0.15) is 17.2 Å². The molecule has 4 bridgehead atoms. The van der Waals surface area contributed by atoms with E-state index < -0.39 is 0 Å². The fraction of sp³-hybridized carbons (Fsp3) is 0.520. The summed E-state index contributed by atoms with van der Waals surface area (Å²) < 4.78 is 0. The van der Waals surface area contributed by atoms with E-state index in [-0.39, 0.29) is 29.5 Å². The highest BCUT2D eigenvalue weighted by Gasteiger charge is 2.58. The maximum Gasteiger partial charge on any atom is 0.270 e. The fourth-order valence-electron chi connectivity index (χ4n) is 6.62. The molecule has 2 aromatic rings. The maximum absolute atomic E-state index is 13.2. The molecule has 8 nitrogen and oxygen atoms in total. The van der Waals surface area contributed by atoms with Gasteiger partial charge in [-0.2, -0.15) is 0 Å². The van der Waals surface area contributed by atoms with E-state index in [4.69, 9.17) is 5.11 Å². The van der Waals surface area contributed by atoms with Crippen LogP contribution in [0.15, 0.2) is 42.6 Å².